The molecule has 24 heavy (non-hydrogen) atoms. The van der Waals surface area contributed by atoms with Crippen LogP contribution in [0.4, 0.5) is 17.1 Å². The predicted molar refractivity (Wildman–Crippen MR) is 100 cm³/mol. The maximum Gasteiger partial charge on any atom is 0.228 e. The zero-order valence-electron chi connectivity index (χ0n) is 14.0. The Morgan fingerprint density at radius 2 is 1.62 bits per heavy atom. The molecule has 1 saturated heterocycles. The average Bonchev–Trinajstić information content (AvgIpc) is 2.87. The Morgan fingerprint density at radius 3 is 2.33 bits per heavy atom. The number of benzene rings is 2. The molecule has 126 valence electrons. The first-order valence-electron chi connectivity index (χ1n) is 8.70. The number of nitrogens with zero attached hydrogens (tertiary/aromatic N) is 1. The fourth-order valence-corrected chi connectivity index (χ4v) is 3.18. The molecule has 0 bridgehead atoms. The molecule has 3 N–H and O–H groups in total. The van der Waals surface area contributed by atoms with E-state index in [9.17, 15) is 4.79 Å². The standard InChI is InChI=1S/C20H25N3O/c21-17-11-9-16(10-12-17)15-20(24)22-18-7-3-4-8-19(18)23-13-5-1-2-6-14-23/h3-4,7-12H,1-2,5-6,13-15,21H2,(H,22,24). The summed E-state index contributed by atoms with van der Waals surface area (Å²) >= 11 is 0. The third-order valence-corrected chi connectivity index (χ3v) is 4.47. The van der Waals surface area contributed by atoms with E-state index in [0.29, 0.717) is 12.1 Å². The summed E-state index contributed by atoms with van der Waals surface area (Å²) in [5.41, 5.74) is 9.40. The average molecular weight is 323 g/mol. The van der Waals surface area contributed by atoms with Crippen molar-refractivity contribution in [3.8, 4) is 0 Å². The van der Waals surface area contributed by atoms with Gasteiger partial charge in [0.25, 0.3) is 0 Å². The van der Waals surface area contributed by atoms with E-state index in [1.54, 1.807) is 0 Å². The van der Waals surface area contributed by atoms with Crippen LogP contribution in [-0.2, 0) is 11.2 Å². The van der Waals surface area contributed by atoms with E-state index in [4.69, 9.17) is 5.73 Å². The van der Waals surface area contributed by atoms with Gasteiger partial charge in [-0.3, -0.25) is 4.79 Å². The van der Waals surface area contributed by atoms with E-state index in [-0.39, 0.29) is 5.91 Å². The first kappa shape index (κ1) is 16.4. The lowest BCUT2D eigenvalue weighted by Crippen LogP contribution is -2.26. The van der Waals surface area contributed by atoms with Crippen molar-refractivity contribution in [2.24, 2.45) is 0 Å². The molecule has 1 heterocycles. The number of nitrogens with two attached hydrogens (primary N) is 1. The molecule has 1 aliphatic rings. The Morgan fingerprint density at radius 1 is 0.958 bits per heavy atom. The molecule has 0 radical (unpaired) electrons. The van der Waals surface area contributed by atoms with Crippen LogP contribution in [0.15, 0.2) is 48.5 Å². The summed E-state index contributed by atoms with van der Waals surface area (Å²) < 4.78 is 0. The summed E-state index contributed by atoms with van der Waals surface area (Å²) in [4.78, 5) is 14.8. The molecule has 0 unspecified atom stereocenters. The lowest BCUT2D eigenvalue weighted by atomic mass is 10.1. The fraction of sp³-hybridized carbons (Fsp3) is 0.350. The number of carbonyl (C=O) groups excluding carboxylic acids is 1. The van der Waals surface area contributed by atoms with Crippen LogP contribution in [0.5, 0.6) is 0 Å². The van der Waals surface area contributed by atoms with Gasteiger partial charge in [-0.25, -0.2) is 0 Å². The number of rotatable bonds is 4. The summed E-state index contributed by atoms with van der Waals surface area (Å²) in [7, 11) is 0. The van der Waals surface area contributed by atoms with E-state index in [1.165, 1.54) is 25.7 Å². The number of para-hydroxylation sites is 2. The second kappa shape index (κ2) is 7.86. The van der Waals surface area contributed by atoms with Crippen LogP contribution in [0, 0.1) is 0 Å². The number of hydrogen-bond donors (Lipinski definition) is 2. The molecule has 2 aromatic rings. The Kier molecular flexibility index (Phi) is 5.36. The van der Waals surface area contributed by atoms with Crippen molar-refractivity contribution < 1.29 is 4.79 Å². The van der Waals surface area contributed by atoms with Crippen LogP contribution in [0.2, 0.25) is 0 Å². The van der Waals surface area contributed by atoms with Gasteiger partial charge in [0.05, 0.1) is 17.8 Å². The molecule has 1 amide bonds. The van der Waals surface area contributed by atoms with Crippen LogP contribution >= 0.6 is 0 Å². The fourth-order valence-electron chi connectivity index (χ4n) is 3.18. The summed E-state index contributed by atoms with van der Waals surface area (Å²) in [5, 5.41) is 3.08. The summed E-state index contributed by atoms with van der Waals surface area (Å²) in [6.07, 6.45) is 5.38. The molecule has 4 nitrogen and oxygen atoms in total. The number of hydrogen-bond acceptors (Lipinski definition) is 3. The Bertz CT molecular complexity index is 674. The Labute approximate surface area is 143 Å². The van der Waals surface area contributed by atoms with Crippen molar-refractivity contribution in [2.75, 3.05) is 29.0 Å². The number of amides is 1. The van der Waals surface area contributed by atoms with Gasteiger partial charge in [0.2, 0.25) is 5.91 Å². The van der Waals surface area contributed by atoms with Crippen molar-refractivity contribution in [2.45, 2.75) is 32.1 Å². The highest BCUT2D eigenvalue weighted by atomic mass is 16.1. The Hall–Kier alpha value is -2.49. The lowest BCUT2D eigenvalue weighted by Gasteiger charge is -2.25. The Balaban J connectivity index is 1.70. The highest BCUT2D eigenvalue weighted by molar-refractivity contribution is 5.95. The molecule has 2 aromatic carbocycles. The number of nitrogens with one attached hydrogen (secondary N) is 1. The van der Waals surface area contributed by atoms with E-state index < -0.39 is 0 Å². The van der Waals surface area contributed by atoms with Gasteiger partial charge >= 0.3 is 0 Å². The second-order valence-corrected chi connectivity index (χ2v) is 6.38. The van der Waals surface area contributed by atoms with Gasteiger partial charge in [0.15, 0.2) is 0 Å². The normalized spacial score (nSPS) is 14.9. The number of anilines is 3. The SMILES string of the molecule is Nc1ccc(CC(=O)Nc2ccccc2N2CCCCCC2)cc1. The van der Waals surface area contributed by atoms with E-state index in [2.05, 4.69) is 16.3 Å². The maximum absolute atomic E-state index is 12.4. The smallest absolute Gasteiger partial charge is 0.228 e. The maximum atomic E-state index is 12.4. The van der Waals surface area contributed by atoms with Crippen molar-refractivity contribution in [1.82, 2.24) is 0 Å². The topological polar surface area (TPSA) is 58.4 Å². The summed E-state index contributed by atoms with van der Waals surface area (Å²) in [5.74, 6) is 0.00189. The van der Waals surface area contributed by atoms with Gasteiger partial charge in [-0.05, 0) is 42.7 Å². The van der Waals surface area contributed by atoms with Crippen molar-refractivity contribution in [3.05, 3.63) is 54.1 Å². The van der Waals surface area contributed by atoms with E-state index >= 15 is 0 Å². The minimum absolute atomic E-state index is 0.00189. The molecule has 0 aromatic heterocycles. The largest absolute Gasteiger partial charge is 0.399 e. The predicted octanol–water partition coefficient (Wildman–Crippen LogP) is 3.83. The van der Waals surface area contributed by atoms with Crippen molar-refractivity contribution >= 4 is 23.0 Å². The van der Waals surface area contributed by atoms with Crippen LogP contribution in [0.3, 0.4) is 0 Å². The van der Waals surface area contributed by atoms with Gasteiger partial charge in [-0.2, -0.15) is 0 Å². The van der Waals surface area contributed by atoms with E-state index in [0.717, 1.165) is 30.0 Å². The third kappa shape index (κ3) is 4.28. The molecule has 3 rings (SSSR count). The molecule has 0 atom stereocenters. The van der Waals surface area contributed by atoms with Crippen molar-refractivity contribution in [1.29, 1.82) is 0 Å². The zero-order chi connectivity index (χ0) is 16.8. The lowest BCUT2D eigenvalue weighted by molar-refractivity contribution is -0.115. The minimum Gasteiger partial charge on any atom is -0.399 e. The van der Waals surface area contributed by atoms with Gasteiger partial charge < -0.3 is 16.0 Å². The van der Waals surface area contributed by atoms with Gasteiger partial charge in [-0.15, -0.1) is 0 Å². The molecule has 1 fully saturated rings. The van der Waals surface area contributed by atoms with Crippen LogP contribution in [0.25, 0.3) is 0 Å². The van der Waals surface area contributed by atoms with Crippen molar-refractivity contribution in [3.63, 3.8) is 0 Å². The number of carbonyl (C=O) groups is 1. The molecule has 4 heteroatoms. The highest BCUT2D eigenvalue weighted by Gasteiger charge is 2.14. The van der Waals surface area contributed by atoms with Crippen LogP contribution in [-0.4, -0.2) is 19.0 Å². The molecule has 1 aliphatic heterocycles. The summed E-state index contributed by atoms with van der Waals surface area (Å²) in [6, 6.07) is 15.5. The molecule has 0 spiro atoms. The second-order valence-electron chi connectivity index (χ2n) is 6.38. The molecular weight excluding hydrogens is 298 g/mol. The molecule has 0 saturated carbocycles. The summed E-state index contributed by atoms with van der Waals surface area (Å²) in [6.45, 7) is 2.12. The molecular formula is C20H25N3O. The monoisotopic (exact) mass is 323 g/mol. The van der Waals surface area contributed by atoms with Crippen LogP contribution < -0.4 is 16.0 Å². The van der Waals surface area contributed by atoms with Crippen LogP contribution in [0.1, 0.15) is 31.2 Å². The van der Waals surface area contributed by atoms with Gasteiger partial charge in [0.1, 0.15) is 0 Å². The quantitative estimate of drug-likeness (QED) is 0.841. The minimum atomic E-state index is 0.00189. The van der Waals surface area contributed by atoms with Gasteiger partial charge in [0, 0.05) is 18.8 Å². The van der Waals surface area contributed by atoms with E-state index in [1.807, 2.05) is 42.5 Å². The van der Waals surface area contributed by atoms with Gasteiger partial charge in [-0.1, -0.05) is 37.1 Å². The first-order chi connectivity index (χ1) is 11.7. The first-order valence-corrected chi connectivity index (χ1v) is 8.70. The zero-order valence-corrected chi connectivity index (χ0v) is 14.0. The molecule has 0 aliphatic carbocycles. The number of nitrogen functional groups attached to an aromatic ring is 1. The third-order valence-electron chi connectivity index (χ3n) is 4.47. The highest BCUT2D eigenvalue weighted by Crippen LogP contribution is 2.28.